The zero-order valence-electron chi connectivity index (χ0n) is 12.1. The highest BCUT2D eigenvalue weighted by atomic mass is 32.3. The topological polar surface area (TPSA) is 101 Å². The number of rotatable bonds is 6. The fourth-order valence-corrected chi connectivity index (χ4v) is 2.38. The number of aryl methyl sites for hydroxylation is 1. The van der Waals surface area contributed by atoms with Crippen LogP contribution >= 0.6 is 0 Å². The van der Waals surface area contributed by atoms with Gasteiger partial charge in [0, 0.05) is 12.0 Å². The minimum atomic E-state index is -4.69. The van der Waals surface area contributed by atoms with E-state index >= 15 is 0 Å². The molecule has 0 unspecified atom stereocenters. The molecule has 0 aliphatic rings. The van der Waals surface area contributed by atoms with Crippen molar-refractivity contribution in [1.29, 1.82) is 0 Å². The first kappa shape index (κ1) is 17.2. The van der Waals surface area contributed by atoms with Gasteiger partial charge in [0.15, 0.2) is 11.5 Å². The molecule has 0 bridgehead atoms. The monoisotopic (exact) mass is 314 g/mol. The van der Waals surface area contributed by atoms with Gasteiger partial charge in [0.05, 0.1) is 5.56 Å². The molecule has 0 heterocycles. The van der Waals surface area contributed by atoms with Gasteiger partial charge in [-0.3, -0.25) is 9.35 Å². The number of hydrogen-bond donors (Lipinski definition) is 2. The molecule has 116 valence electrons. The van der Waals surface area contributed by atoms with E-state index in [1.165, 1.54) is 19.9 Å². The Hall–Kier alpha value is -1.86. The van der Waals surface area contributed by atoms with E-state index in [1.54, 1.807) is 0 Å². The lowest BCUT2D eigenvalue weighted by Crippen LogP contribution is -2.10. The maximum absolute atomic E-state index is 12.0. The minimum absolute atomic E-state index is 0.0852. The molecule has 0 fully saturated rings. The molecule has 2 N–H and O–H groups in total. The highest BCUT2D eigenvalue weighted by molar-refractivity contribution is 7.81. The summed E-state index contributed by atoms with van der Waals surface area (Å²) >= 11 is 0. The number of ketones is 1. The van der Waals surface area contributed by atoms with Gasteiger partial charge in [0.25, 0.3) is 0 Å². The molecule has 0 aliphatic heterocycles. The molecular formula is C14H18O6S. The first-order valence-electron chi connectivity index (χ1n) is 6.31. The number of phenolic OH excluding ortho intramolecular Hbond substituents is 1. The van der Waals surface area contributed by atoms with Gasteiger partial charge in [0.1, 0.15) is 5.75 Å². The molecule has 0 aliphatic carbocycles. The summed E-state index contributed by atoms with van der Waals surface area (Å²) in [5.41, 5.74) is 0.525. The van der Waals surface area contributed by atoms with Crippen LogP contribution in [0, 0.1) is 13.8 Å². The Bertz CT molecular complexity index is 673. The molecular weight excluding hydrogens is 296 g/mol. The average molecular weight is 314 g/mol. The van der Waals surface area contributed by atoms with Crippen LogP contribution in [0.25, 0.3) is 0 Å². The van der Waals surface area contributed by atoms with Gasteiger partial charge in [-0.1, -0.05) is 12.2 Å². The Morgan fingerprint density at radius 1 is 1.38 bits per heavy atom. The minimum Gasteiger partial charge on any atom is -0.507 e. The zero-order chi connectivity index (χ0) is 16.2. The fraction of sp³-hybridized carbons (Fsp3) is 0.357. The molecule has 0 amide bonds. The van der Waals surface area contributed by atoms with Gasteiger partial charge >= 0.3 is 10.4 Å². The zero-order valence-corrected chi connectivity index (χ0v) is 12.9. The van der Waals surface area contributed by atoms with Crippen molar-refractivity contribution in [2.75, 3.05) is 0 Å². The Balaban J connectivity index is 3.19. The SMILES string of the molecule is CC=CCCC(=O)c1cc(C)c(OS(=O)(=O)O)c(C)c1O. The highest BCUT2D eigenvalue weighted by Crippen LogP contribution is 2.35. The number of Topliss-reactive ketones (excluding diaryl/α,β-unsaturated/α-hetero) is 1. The van der Waals surface area contributed by atoms with Crippen LogP contribution in [0.15, 0.2) is 18.2 Å². The fourth-order valence-electron chi connectivity index (χ4n) is 1.92. The van der Waals surface area contributed by atoms with Crippen LogP contribution in [0.5, 0.6) is 11.5 Å². The van der Waals surface area contributed by atoms with Crippen LogP contribution in [-0.2, 0) is 10.4 Å². The number of aromatic hydroxyl groups is 1. The standard InChI is InChI=1S/C14H18O6S/c1-4-5-6-7-12(15)11-8-9(2)14(10(3)13(11)16)20-21(17,18)19/h4-5,8,16H,6-7H2,1-3H3,(H,17,18,19). The predicted octanol–water partition coefficient (Wildman–Crippen LogP) is 2.73. The summed E-state index contributed by atoms with van der Waals surface area (Å²) in [7, 11) is -4.69. The Morgan fingerprint density at radius 2 is 2.00 bits per heavy atom. The van der Waals surface area contributed by atoms with E-state index in [1.807, 2.05) is 19.1 Å². The summed E-state index contributed by atoms with van der Waals surface area (Å²) in [4.78, 5) is 12.0. The van der Waals surface area contributed by atoms with Crippen molar-refractivity contribution in [3.8, 4) is 11.5 Å². The smallest absolute Gasteiger partial charge is 0.446 e. The molecule has 0 saturated carbocycles. The third-order valence-corrected chi connectivity index (χ3v) is 3.31. The molecule has 1 aromatic carbocycles. The summed E-state index contributed by atoms with van der Waals surface area (Å²) in [5.74, 6) is -0.778. The largest absolute Gasteiger partial charge is 0.507 e. The van der Waals surface area contributed by atoms with Crippen LogP contribution in [-0.4, -0.2) is 23.9 Å². The lowest BCUT2D eigenvalue weighted by molar-refractivity contribution is 0.0981. The maximum Gasteiger partial charge on any atom is 0.446 e. The van der Waals surface area contributed by atoms with Gasteiger partial charge < -0.3 is 9.29 Å². The second kappa shape index (κ2) is 6.73. The third kappa shape index (κ3) is 4.57. The second-order valence-corrected chi connectivity index (χ2v) is 5.61. The highest BCUT2D eigenvalue weighted by Gasteiger charge is 2.21. The van der Waals surface area contributed by atoms with Crippen LogP contribution < -0.4 is 4.18 Å². The van der Waals surface area contributed by atoms with Crippen molar-refractivity contribution in [1.82, 2.24) is 0 Å². The maximum atomic E-state index is 12.0. The van der Waals surface area contributed by atoms with E-state index in [-0.39, 0.29) is 34.8 Å². The second-order valence-electron chi connectivity index (χ2n) is 4.59. The van der Waals surface area contributed by atoms with E-state index in [4.69, 9.17) is 4.55 Å². The molecule has 0 saturated heterocycles. The first-order valence-corrected chi connectivity index (χ1v) is 7.68. The average Bonchev–Trinajstić information content (AvgIpc) is 2.38. The Morgan fingerprint density at radius 3 is 2.52 bits per heavy atom. The molecule has 0 atom stereocenters. The predicted molar refractivity (Wildman–Crippen MR) is 78.1 cm³/mol. The number of allylic oxidation sites excluding steroid dienone is 2. The lowest BCUT2D eigenvalue weighted by atomic mass is 9.99. The van der Waals surface area contributed by atoms with Crippen molar-refractivity contribution in [3.05, 3.63) is 34.9 Å². The molecule has 7 heteroatoms. The summed E-state index contributed by atoms with van der Waals surface area (Å²) in [6.45, 7) is 4.78. The molecule has 6 nitrogen and oxygen atoms in total. The van der Waals surface area contributed by atoms with Gasteiger partial charge in [-0.05, 0) is 38.8 Å². The van der Waals surface area contributed by atoms with Gasteiger partial charge in [-0.25, -0.2) is 0 Å². The van der Waals surface area contributed by atoms with Crippen LogP contribution in [0.1, 0.15) is 41.3 Å². The van der Waals surface area contributed by atoms with Crippen molar-refractivity contribution in [2.24, 2.45) is 0 Å². The summed E-state index contributed by atoms with van der Waals surface area (Å²) in [6.07, 6.45) is 4.45. The van der Waals surface area contributed by atoms with Gasteiger partial charge in [-0.2, -0.15) is 8.42 Å². The Labute approximate surface area is 124 Å². The van der Waals surface area contributed by atoms with Gasteiger partial charge in [0.2, 0.25) is 0 Å². The molecule has 21 heavy (non-hydrogen) atoms. The van der Waals surface area contributed by atoms with Crippen molar-refractivity contribution >= 4 is 16.2 Å². The third-order valence-electron chi connectivity index (χ3n) is 2.93. The van der Waals surface area contributed by atoms with Crippen molar-refractivity contribution in [2.45, 2.75) is 33.6 Å². The molecule has 0 aromatic heterocycles. The molecule has 0 radical (unpaired) electrons. The number of phenols is 1. The Kier molecular flexibility index (Phi) is 5.51. The van der Waals surface area contributed by atoms with E-state index in [0.29, 0.717) is 12.0 Å². The normalized spacial score (nSPS) is 11.8. The van der Waals surface area contributed by atoms with Crippen molar-refractivity contribution < 1.29 is 27.1 Å². The summed E-state index contributed by atoms with van der Waals surface area (Å²) in [5, 5.41) is 10.0. The number of carbonyl (C=O) groups excluding carboxylic acids is 1. The van der Waals surface area contributed by atoms with Gasteiger partial charge in [-0.15, -0.1) is 0 Å². The number of hydrogen-bond acceptors (Lipinski definition) is 5. The summed E-state index contributed by atoms with van der Waals surface area (Å²) < 4.78 is 34.7. The first-order chi connectivity index (χ1) is 9.67. The van der Waals surface area contributed by atoms with E-state index in [0.717, 1.165) is 0 Å². The van der Waals surface area contributed by atoms with E-state index < -0.39 is 10.4 Å². The van der Waals surface area contributed by atoms with E-state index in [2.05, 4.69) is 4.18 Å². The quantitative estimate of drug-likeness (QED) is 0.475. The molecule has 0 spiro atoms. The lowest BCUT2D eigenvalue weighted by Gasteiger charge is -2.13. The number of benzene rings is 1. The van der Waals surface area contributed by atoms with E-state index in [9.17, 15) is 18.3 Å². The van der Waals surface area contributed by atoms with Crippen molar-refractivity contribution in [3.63, 3.8) is 0 Å². The molecule has 1 rings (SSSR count). The summed E-state index contributed by atoms with van der Waals surface area (Å²) in [6, 6.07) is 1.35. The van der Waals surface area contributed by atoms with Crippen LogP contribution in [0.2, 0.25) is 0 Å². The number of carbonyl (C=O) groups is 1. The van der Waals surface area contributed by atoms with Crippen LogP contribution in [0.3, 0.4) is 0 Å². The molecule has 1 aromatic rings. The van der Waals surface area contributed by atoms with Crippen LogP contribution in [0.4, 0.5) is 0 Å².